The minimum Gasteiger partial charge on any atom is -0.756 e. The summed E-state index contributed by atoms with van der Waals surface area (Å²) in [7, 11) is 1.17. The summed E-state index contributed by atoms with van der Waals surface area (Å²) in [5.74, 6) is -0.827. The molecule has 0 spiro atoms. The van der Waals surface area contributed by atoms with Gasteiger partial charge in [-0.2, -0.15) is 0 Å². The average Bonchev–Trinajstić information content (AvgIpc) is 3.23. The van der Waals surface area contributed by atoms with Gasteiger partial charge < -0.3 is 27.9 Å². The first-order valence-corrected chi connectivity index (χ1v) is 27.5. The number of hydrogen-bond acceptors (Lipinski definition) is 8. The molecular weight excluding hydrogens is 798 g/mol. The third-order valence-corrected chi connectivity index (χ3v) is 12.4. The van der Waals surface area contributed by atoms with Crippen LogP contribution in [0.25, 0.3) is 0 Å². The normalized spacial score (nSPS) is 13.6. The second-order valence-corrected chi connectivity index (χ2v) is 20.3. The van der Waals surface area contributed by atoms with E-state index in [1.165, 1.54) is 173 Å². The zero-order valence-corrected chi connectivity index (χ0v) is 42.2. The van der Waals surface area contributed by atoms with E-state index in [0.717, 1.165) is 38.5 Å². The summed E-state index contributed by atoms with van der Waals surface area (Å²) in [6.45, 7) is 4.25. The Bertz CT molecular complexity index is 1110. The van der Waals surface area contributed by atoms with Crippen molar-refractivity contribution in [1.29, 1.82) is 0 Å². The number of nitrogens with zero attached hydrogens (tertiary/aromatic N) is 1. The number of quaternary nitrogens is 1. The van der Waals surface area contributed by atoms with E-state index < -0.39 is 26.5 Å². The van der Waals surface area contributed by atoms with Crippen LogP contribution in [0.1, 0.15) is 245 Å². The first-order chi connectivity index (χ1) is 30.0. The number of likely N-dealkylation sites (N-methyl/N-ethyl adjacent to an activating group) is 1. The largest absolute Gasteiger partial charge is 0.756 e. The molecule has 62 heavy (non-hydrogen) atoms. The molecule has 1 unspecified atom stereocenters. The van der Waals surface area contributed by atoms with Crippen molar-refractivity contribution in [1.82, 2.24) is 0 Å². The Kier molecular flexibility index (Phi) is 43.6. The molecule has 0 aromatic heterocycles. The molecule has 0 rings (SSSR count). The topological polar surface area (TPSA) is 111 Å². The van der Waals surface area contributed by atoms with Gasteiger partial charge in [-0.3, -0.25) is 14.2 Å². The molecule has 0 fully saturated rings. The lowest BCUT2D eigenvalue weighted by Gasteiger charge is -2.28. The Hall–Kier alpha value is -1.51. The fourth-order valence-corrected chi connectivity index (χ4v) is 8.08. The van der Waals surface area contributed by atoms with Gasteiger partial charge in [0.05, 0.1) is 27.7 Å². The number of ether oxygens (including phenoxy) is 2. The van der Waals surface area contributed by atoms with Gasteiger partial charge in [0, 0.05) is 12.8 Å². The van der Waals surface area contributed by atoms with E-state index in [9.17, 15) is 19.0 Å². The molecule has 0 aliphatic rings. The molecule has 0 radical (unpaired) electrons. The molecule has 0 saturated carbocycles. The number of carbonyl (C=O) groups is 2. The van der Waals surface area contributed by atoms with Crippen molar-refractivity contribution in [2.45, 2.75) is 251 Å². The van der Waals surface area contributed by atoms with Crippen LogP contribution in [0.15, 0.2) is 24.3 Å². The van der Waals surface area contributed by atoms with Crippen LogP contribution in [-0.2, 0) is 32.7 Å². The van der Waals surface area contributed by atoms with Crippen LogP contribution >= 0.6 is 7.82 Å². The van der Waals surface area contributed by atoms with E-state index in [-0.39, 0.29) is 32.0 Å². The van der Waals surface area contributed by atoms with Crippen molar-refractivity contribution in [2.24, 2.45) is 0 Å². The van der Waals surface area contributed by atoms with Gasteiger partial charge in [-0.15, -0.1) is 0 Å². The van der Waals surface area contributed by atoms with Gasteiger partial charge in [0.25, 0.3) is 7.82 Å². The van der Waals surface area contributed by atoms with Crippen molar-refractivity contribution in [3.05, 3.63) is 24.3 Å². The number of phosphoric ester groups is 1. The fraction of sp³-hybridized carbons (Fsp3) is 0.885. The van der Waals surface area contributed by atoms with Crippen LogP contribution in [0.5, 0.6) is 0 Å². The highest BCUT2D eigenvalue weighted by Gasteiger charge is 2.21. The lowest BCUT2D eigenvalue weighted by Crippen LogP contribution is -2.37. The molecule has 9 nitrogen and oxygen atoms in total. The number of hydrogen-bond donors (Lipinski definition) is 0. The first-order valence-electron chi connectivity index (χ1n) is 26.0. The Morgan fingerprint density at radius 2 is 0.823 bits per heavy atom. The molecule has 0 aromatic carbocycles. The van der Waals surface area contributed by atoms with Crippen LogP contribution in [0, 0.1) is 0 Å². The minimum absolute atomic E-state index is 0.0294. The maximum Gasteiger partial charge on any atom is 0.306 e. The Morgan fingerprint density at radius 3 is 1.21 bits per heavy atom. The van der Waals surface area contributed by atoms with Gasteiger partial charge in [-0.1, -0.05) is 192 Å². The van der Waals surface area contributed by atoms with Gasteiger partial charge >= 0.3 is 11.9 Å². The summed E-state index contributed by atoms with van der Waals surface area (Å²) in [6.07, 6.45) is 50.6. The molecule has 366 valence electrons. The highest BCUT2D eigenvalue weighted by molar-refractivity contribution is 7.45. The number of allylic oxidation sites excluding steroid dienone is 4. The van der Waals surface area contributed by atoms with Crippen LogP contribution in [0.4, 0.5) is 0 Å². The highest BCUT2D eigenvalue weighted by Crippen LogP contribution is 2.38. The van der Waals surface area contributed by atoms with Gasteiger partial charge in [-0.25, -0.2) is 0 Å². The van der Waals surface area contributed by atoms with E-state index in [2.05, 4.69) is 38.2 Å². The number of carbonyl (C=O) groups excluding carboxylic acids is 2. The maximum atomic E-state index is 12.7. The first kappa shape index (κ1) is 60.5. The summed E-state index contributed by atoms with van der Waals surface area (Å²) in [5, 5.41) is 0. The molecule has 0 heterocycles. The van der Waals surface area contributed by atoms with Crippen molar-refractivity contribution >= 4 is 19.8 Å². The molecule has 0 aliphatic carbocycles. The third kappa shape index (κ3) is 48.0. The van der Waals surface area contributed by atoms with E-state index in [1.807, 2.05) is 21.1 Å². The molecule has 2 atom stereocenters. The van der Waals surface area contributed by atoms with Gasteiger partial charge in [0.2, 0.25) is 0 Å². The van der Waals surface area contributed by atoms with Crippen molar-refractivity contribution < 1.29 is 42.1 Å². The lowest BCUT2D eigenvalue weighted by atomic mass is 10.0. The number of phosphoric acid groups is 1. The highest BCUT2D eigenvalue weighted by atomic mass is 31.2. The standard InChI is InChI=1S/C52H100NO8P/c1-6-8-10-12-14-16-18-20-22-24-25-26-27-29-31-33-35-37-39-41-43-45-52(55)61-50(49-60-62(56,57)59-47-46-53(3,4)5)48-58-51(54)44-42-40-38-36-34-32-30-28-23-21-19-17-15-13-11-9-7-2/h17,19-20,22,50H,6-16,18,21,23-49H2,1-5H3/b19-17+,22-20+/t50-/m1/s1. The van der Waals surface area contributed by atoms with Crippen LogP contribution in [0.3, 0.4) is 0 Å². The Balaban J connectivity index is 4.22. The summed E-state index contributed by atoms with van der Waals surface area (Å²) in [6, 6.07) is 0. The molecule has 0 bridgehead atoms. The minimum atomic E-state index is -4.63. The van der Waals surface area contributed by atoms with Crippen LogP contribution in [-0.4, -0.2) is 70.0 Å². The average molecular weight is 898 g/mol. The van der Waals surface area contributed by atoms with Gasteiger partial charge in [0.1, 0.15) is 19.8 Å². The monoisotopic (exact) mass is 898 g/mol. The second-order valence-electron chi connectivity index (χ2n) is 18.9. The van der Waals surface area contributed by atoms with E-state index in [4.69, 9.17) is 18.5 Å². The smallest absolute Gasteiger partial charge is 0.306 e. The van der Waals surface area contributed by atoms with Crippen molar-refractivity contribution in [3.8, 4) is 0 Å². The third-order valence-electron chi connectivity index (χ3n) is 11.4. The van der Waals surface area contributed by atoms with Crippen LogP contribution < -0.4 is 4.89 Å². The zero-order valence-electron chi connectivity index (χ0n) is 41.3. The van der Waals surface area contributed by atoms with Gasteiger partial charge in [-0.05, 0) is 64.2 Å². The molecule has 0 aliphatic heterocycles. The quantitative estimate of drug-likeness (QED) is 0.0195. The number of unbranched alkanes of at least 4 members (excludes halogenated alkanes) is 30. The Labute approximate surface area is 383 Å². The summed E-state index contributed by atoms with van der Waals surface area (Å²) >= 11 is 0. The molecule has 0 N–H and O–H groups in total. The predicted molar refractivity (Wildman–Crippen MR) is 259 cm³/mol. The lowest BCUT2D eigenvalue weighted by molar-refractivity contribution is -0.870. The zero-order chi connectivity index (χ0) is 45.7. The molecule has 0 aromatic rings. The fourth-order valence-electron chi connectivity index (χ4n) is 7.35. The Morgan fingerprint density at radius 1 is 0.484 bits per heavy atom. The summed E-state index contributed by atoms with van der Waals surface area (Å²) < 4.78 is 34.1. The van der Waals surface area contributed by atoms with E-state index in [1.54, 1.807) is 0 Å². The molecular formula is C52H100NO8P. The summed E-state index contributed by atoms with van der Waals surface area (Å²) in [4.78, 5) is 37.7. The molecule has 10 heteroatoms. The van der Waals surface area contributed by atoms with Gasteiger partial charge in [0.15, 0.2) is 6.10 Å². The van der Waals surface area contributed by atoms with Crippen molar-refractivity contribution in [2.75, 3.05) is 47.5 Å². The maximum absolute atomic E-state index is 12.7. The predicted octanol–water partition coefficient (Wildman–Crippen LogP) is 14.8. The number of rotatable bonds is 48. The molecule has 0 amide bonds. The molecule has 0 saturated heterocycles. The van der Waals surface area contributed by atoms with E-state index in [0.29, 0.717) is 17.4 Å². The summed E-state index contributed by atoms with van der Waals surface area (Å²) in [5.41, 5.74) is 0. The number of esters is 2. The van der Waals surface area contributed by atoms with Crippen LogP contribution in [0.2, 0.25) is 0 Å². The van der Waals surface area contributed by atoms with Crippen molar-refractivity contribution in [3.63, 3.8) is 0 Å². The van der Waals surface area contributed by atoms with E-state index >= 15 is 0 Å². The SMILES string of the molecule is CCCCCC/C=C/CCCCCCCCCCCC(=O)OC[C@H](COP(=O)([O-])OCC[N+](C)(C)C)OC(=O)CCCCCCCCCCCCC/C=C/CCCCCCCC. The second kappa shape index (κ2) is 44.7.